The van der Waals surface area contributed by atoms with Crippen molar-refractivity contribution in [2.45, 2.75) is 25.2 Å². The van der Waals surface area contributed by atoms with Gasteiger partial charge >= 0.3 is 0 Å². The first-order chi connectivity index (χ1) is 8.29. The Bertz CT molecular complexity index is 607. The Morgan fingerprint density at radius 3 is 3.29 bits per heavy atom. The highest BCUT2D eigenvalue weighted by Gasteiger charge is 2.47. The van der Waals surface area contributed by atoms with Crippen LogP contribution >= 0.6 is 0 Å². The predicted octanol–water partition coefficient (Wildman–Crippen LogP) is 2.20. The maximum atomic E-state index is 13.4. The third-order valence-electron chi connectivity index (χ3n) is 3.81. The summed E-state index contributed by atoms with van der Waals surface area (Å²) < 4.78 is 21.5. The van der Waals surface area contributed by atoms with Crippen LogP contribution in [0.5, 0.6) is 0 Å². The van der Waals surface area contributed by atoms with Crippen LogP contribution in [-0.4, -0.2) is 9.55 Å². The van der Waals surface area contributed by atoms with Gasteiger partial charge in [-0.2, -0.15) is 0 Å². The average molecular weight is 230 g/mol. The van der Waals surface area contributed by atoms with E-state index in [1.165, 1.54) is 6.07 Å². The summed E-state index contributed by atoms with van der Waals surface area (Å²) in [6, 6.07) is 4.91. The van der Waals surface area contributed by atoms with Gasteiger partial charge in [-0.3, -0.25) is 0 Å². The molecule has 2 aliphatic heterocycles. The number of halogens is 1. The van der Waals surface area contributed by atoms with Crippen LogP contribution < -0.4 is 0 Å². The second kappa shape index (κ2) is 2.96. The number of hydrogen-bond donors (Lipinski definition) is 0. The quantitative estimate of drug-likeness (QED) is 0.693. The summed E-state index contributed by atoms with van der Waals surface area (Å²) in [4.78, 5) is 4.15. The van der Waals surface area contributed by atoms with Gasteiger partial charge in [0.25, 0.3) is 0 Å². The van der Waals surface area contributed by atoms with E-state index in [0.29, 0.717) is 6.61 Å². The SMILES string of the molecule is Fc1ccc2c(c1)C1(CCn3cncc31)OC2. The molecule has 1 atom stereocenters. The molecule has 0 aliphatic carbocycles. The number of imidazole rings is 1. The molecule has 17 heavy (non-hydrogen) atoms. The van der Waals surface area contributed by atoms with Gasteiger partial charge < -0.3 is 9.30 Å². The fourth-order valence-corrected chi connectivity index (χ4v) is 2.99. The molecular weight excluding hydrogens is 219 g/mol. The van der Waals surface area contributed by atoms with E-state index in [-0.39, 0.29) is 5.82 Å². The molecule has 0 saturated carbocycles. The first-order valence-electron chi connectivity index (χ1n) is 5.73. The molecular formula is C13H11FN2O. The van der Waals surface area contributed by atoms with E-state index in [9.17, 15) is 4.39 Å². The van der Waals surface area contributed by atoms with E-state index in [1.54, 1.807) is 6.07 Å². The molecule has 4 heteroatoms. The van der Waals surface area contributed by atoms with Crippen molar-refractivity contribution in [3.05, 3.63) is 53.4 Å². The van der Waals surface area contributed by atoms with Gasteiger partial charge in [0.1, 0.15) is 11.4 Å². The van der Waals surface area contributed by atoms with Gasteiger partial charge in [0.2, 0.25) is 0 Å². The van der Waals surface area contributed by atoms with Gasteiger partial charge in [-0.1, -0.05) is 6.07 Å². The van der Waals surface area contributed by atoms with Crippen molar-refractivity contribution in [3.63, 3.8) is 0 Å². The van der Waals surface area contributed by atoms with Crippen molar-refractivity contribution in [1.82, 2.24) is 9.55 Å². The van der Waals surface area contributed by atoms with E-state index < -0.39 is 5.60 Å². The molecule has 1 spiro atoms. The highest BCUT2D eigenvalue weighted by atomic mass is 19.1. The van der Waals surface area contributed by atoms with E-state index in [4.69, 9.17) is 4.74 Å². The number of benzene rings is 1. The second-order valence-corrected chi connectivity index (χ2v) is 4.64. The first kappa shape index (κ1) is 9.36. The second-order valence-electron chi connectivity index (χ2n) is 4.64. The summed E-state index contributed by atoms with van der Waals surface area (Å²) in [6.07, 6.45) is 4.50. The molecule has 2 aromatic rings. The van der Waals surface area contributed by atoms with Crippen molar-refractivity contribution in [2.24, 2.45) is 0 Å². The molecule has 0 saturated heterocycles. The molecule has 1 aromatic heterocycles. The largest absolute Gasteiger partial charge is 0.359 e. The molecule has 3 nitrogen and oxygen atoms in total. The summed E-state index contributed by atoms with van der Waals surface area (Å²) in [5.74, 6) is -0.202. The summed E-state index contributed by atoms with van der Waals surface area (Å²) in [5, 5.41) is 0. The molecule has 1 aromatic carbocycles. The summed E-state index contributed by atoms with van der Waals surface area (Å²) in [7, 11) is 0. The van der Waals surface area contributed by atoms with Crippen molar-refractivity contribution >= 4 is 0 Å². The number of hydrogen-bond acceptors (Lipinski definition) is 2. The van der Waals surface area contributed by atoms with Crippen LogP contribution in [0.25, 0.3) is 0 Å². The molecule has 2 aliphatic rings. The average Bonchev–Trinajstić information content (AvgIpc) is 2.98. The number of aryl methyl sites for hydroxylation is 1. The summed E-state index contributed by atoms with van der Waals surface area (Å²) in [6.45, 7) is 1.44. The predicted molar refractivity (Wildman–Crippen MR) is 58.8 cm³/mol. The highest BCUT2D eigenvalue weighted by molar-refractivity contribution is 5.43. The molecule has 86 valence electrons. The van der Waals surface area contributed by atoms with Crippen LogP contribution in [0.2, 0.25) is 0 Å². The number of nitrogens with zero attached hydrogens (tertiary/aromatic N) is 2. The Balaban J connectivity index is 1.97. The van der Waals surface area contributed by atoms with Crippen molar-refractivity contribution in [2.75, 3.05) is 0 Å². The minimum absolute atomic E-state index is 0.202. The van der Waals surface area contributed by atoms with Crippen molar-refractivity contribution in [1.29, 1.82) is 0 Å². The molecule has 0 amide bonds. The maximum Gasteiger partial charge on any atom is 0.137 e. The lowest BCUT2D eigenvalue weighted by molar-refractivity contribution is -0.00395. The third kappa shape index (κ3) is 1.06. The molecule has 0 bridgehead atoms. The van der Waals surface area contributed by atoms with Crippen LogP contribution in [0.3, 0.4) is 0 Å². The van der Waals surface area contributed by atoms with Crippen LogP contribution in [0, 0.1) is 5.82 Å². The van der Waals surface area contributed by atoms with Gasteiger partial charge in [0.15, 0.2) is 0 Å². The molecule has 3 heterocycles. The fourth-order valence-electron chi connectivity index (χ4n) is 2.99. The van der Waals surface area contributed by atoms with Crippen LogP contribution in [-0.2, 0) is 23.5 Å². The molecule has 0 N–H and O–H groups in total. The van der Waals surface area contributed by atoms with Gasteiger partial charge in [-0.15, -0.1) is 0 Å². The maximum absolute atomic E-state index is 13.4. The Morgan fingerprint density at radius 1 is 1.41 bits per heavy atom. The molecule has 1 unspecified atom stereocenters. The number of ether oxygens (including phenoxy) is 1. The van der Waals surface area contributed by atoms with Crippen LogP contribution in [0.4, 0.5) is 4.39 Å². The lowest BCUT2D eigenvalue weighted by atomic mass is 9.89. The third-order valence-corrected chi connectivity index (χ3v) is 3.81. The zero-order valence-electron chi connectivity index (χ0n) is 9.19. The van der Waals surface area contributed by atoms with E-state index >= 15 is 0 Å². The van der Waals surface area contributed by atoms with E-state index in [1.807, 2.05) is 18.6 Å². The zero-order chi connectivity index (χ0) is 11.5. The van der Waals surface area contributed by atoms with E-state index in [0.717, 1.165) is 29.8 Å². The normalized spacial score (nSPS) is 25.2. The lowest BCUT2D eigenvalue weighted by Gasteiger charge is -2.23. The monoisotopic (exact) mass is 230 g/mol. The smallest absolute Gasteiger partial charge is 0.137 e. The van der Waals surface area contributed by atoms with Crippen molar-refractivity contribution in [3.8, 4) is 0 Å². The lowest BCUT2D eigenvalue weighted by Crippen LogP contribution is -2.23. The summed E-state index contributed by atoms with van der Waals surface area (Å²) in [5.41, 5.74) is 2.63. The van der Waals surface area contributed by atoms with Gasteiger partial charge in [-0.05, 0) is 23.3 Å². The minimum Gasteiger partial charge on any atom is -0.359 e. The number of aromatic nitrogens is 2. The Labute approximate surface area is 97.9 Å². The fraction of sp³-hybridized carbons (Fsp3) is 0.308. The van der Waals surface area contributed by atoms with Crippen LogP contribution in [0.15, 0.2) is 30.7 Å². The van der Waals surface area contributed by atoms with Gasteiger partial charge in [-0.25, -0.2) is 9.37 Å². The Morgan fingerprint density at radius 2 is 2.35 bits per heavy atom. The zero-order valence-corrected chi connectivity index (χ0v) is 9.19. The number of rotatable bonds is 0. The molecule has 0 fully saturated rings. The van der Waals surface area contributed by atoms with Gasteiger partial charge in [0.05, 0.1) is 24.8 Å². The van der Waals surface area contributed by atoms with Crippen LogP contribution in [0.1, 0.15) is 23.2 Å². The molecule has 4 rings (SSSR count). The Kier molecular flexibility index (Phi) is 1.63. The standard InChI is InChI=1S/C13H11FN2O/c14-10-2-1-9-7-17-13(11(9)5-10)3-4-16-8-15-6-12(13)16/h1-2,5-6,8H,3-4,7H2. The summed E-state index contributed by atoms with van der Waals surface area (Å²) >= 11 is 0. The minimum atomic E-state index is -0.464. The number of fused-ring (bicyclic) bond motifs is 4. The van der Waals surface area contributed by atoms with Crippen molar-refractivity contribution < 1.29 is 9.13 Å². The molecule has 0 radical (unpaired) electrons. The van der Waals surface area contributed by atoms with Gasteiger partial charge in [0, 0.05) is 13.0 Å². The topological polar surface area (TPSA) is 27.1 Å². The first-order valence-corrected chi connectivity index (χ1v) is 5.73. The van der Waals surface area contributed by atoms with E-state index in [2.05, 4.69) is 9.55 Å². The Hall–Kier alpha value is -1.68. The highest BCUT2D eigenvalue weighted by Crippen LogP contribution is 2.47.